The van der Waals surface area contributed by atoms with E-state index in [1.165, 1.54) is 0 Å². The molecule has 1 aliphatic rings. The Hall–Kier alpha value is -1.89. The molecule has 0 bridgehead atoms. The van der Waals surface area contributed by atoms with Crippen LogP contribution in [-0.2, 0) is 4.79 Å². The van der Waals surface area contributed by atoms with Crippen molar-refractivity contribution in [2.24, 2.45) is 0 Å². The first-order chi connectivity index (χ1) is 10.7. The van der Waals surface area contributed by atoms with Gasteiger partial charge in [-0.25, -0.2) is 4.98 Å². The first-order valence-electron chi connectivity index (χ1n) is 7.84. The standard InChI is InChI=1S/C15H25N5O2/c1-3-4-6-16-13(21)12-19-8-10-20(11-9-19)15-17-7-5-14(18-15)22-2/h5,7H,3-4,6,8-12H2,1-2H3,(H,16,21). The van der Waals surface area contributed by atoms with Gasteiger partial charge in [0, 0.05) is 45.0 Å². The summed E-state index contributed by atoms with van der Waals surface area (Å²) < 4.78 is 5.13. The van der Waals surface area contributed by atoms with Crippen LogP contribution in [0, 0.1) is 0 Å². The number of aromatic nitrogens is 2. The number of nitrogens with one attached hydrogen (secondary N) is 1. The Labute approximate surface area is 131 Å². The number of piperazine rings is 1. The number of anilines is 1. The molecule has 0 aliphatic carbocycles. The van der Waals surface area contributed by atoms with E-state index < -0.39 is 0 Å². The van der Waals surface area contributed by atoms with E-state index in [1.807, 2.05) is 0 Å². The maximum atomic E-state index is 11.8. The number of hydrogen-bond donors (Lipinski definition) is 1. The number of carbonyl (C=O) groups excluding carboxylic acids is 1. The predicted octanol–water partition coefficient (Wildman–Crippen LogP) is 0.524. The highest BCUT2D eigenvalue weighted by molar-refractivity contribution is 5.78. The third-order valence-electron chi connectivity index (χ3n) is 3.70. The summed E-state index contributed by atoms with van der Waals surface area (Å²) in [6.45, 7) is 6.66. The molecule has 22 heavy (non-hydrogen) atoms. The SMILES string of the molecule is CCCCNC(=O)CN1CCN(c2nccc(OC)n2)CC1. The van der Waals surface area contributed by atoms with Crippen LogP contribution in [0.4, 0.5) is 5.95 Å². The van der Waals surface area contributed by atoms with Crippen LogP contribution in [0.15, 0.2) is 12.3 Å². The smallest absolute Gasteiger partial charge is 0.234 e. The molecule has 2 rings (SSSR count). The van der Waals surface area contributed by atoms with Crippen molar-refractivity contribution in [1.29, 1.82) is 0 Å². The van der Waals surface area contributed by atoms with Gasteiger partial charge in [-0.3, -0.25) is 9.69 Å². The third-order valence-corrected chi connectivity index (χ3v) is 3.70. The third kappa shape index (κ3) is 4.84. The number of carbonyl (C=O) groups is 1. The number of unbranched alkanes of at least 4 members (excludes halogenated alkanes) is 1. The molecule has 0 atom stereocenters. The molecule has 1 aromatic rings. The molecule has 1 aromatic heterocycles. The zero-order chi connectivity index (χ0) is 15.8. The topological polar surface area (TPSA) is 70.6 Å². The summed E-state index contributed by atoms with van der Waals surface area (Å²) in [5, 5.41) is 2.95. The number of ether oxygens (including phenoxy) is 1. The van der Waals surface area contributed by atoms with Crippen molar-refractivity contribution in [3.63, 3.8) is 0 Å². The molecule has 0 aromatic carbocycles. The van der Waals surface area contributed by atoms with Crippen LogP contribution in [0.1, 0.15) is 19.8 Å². The molecular formula is C15H25N5O2. The van der Waals surface area contributed by atoms with Crippen LogP contribution in [-0.4, -0.2) is 67.2 Å². The molecule has 0 saturated carbocycles. The molecule has 1 fully saturated rings. The fourth-order valence-corrected chi connectivity index (χ4v) is 2.37. The highest BCUT2D eigenvalue weighted by Gasteiger charge is 2.20. The van der Waals surface area contributed by atoms with Gasteiger partial charge in [-0.15, -0.1) is 0 Å². The lowest BCUT2D eigenvalue weighted by molar-refractivity contribution is -0.122. The van der Waals surface area contributed by atoms with E-state index in [-0.39, 0.29) is 5.91 Å². The summed E-state index contributed by atoms with van der Waals surface area (Å²) in [5.74, 6) is 1.37. The molecule has 7 heteroatoms. The first-order valence-corrected chi connectivity index (χ1v) is 7.84. The minimum absolute atomic E-state index is 0.111. The fraction of sp³-hybridized carbons (Fsp3) is 0.667. The van der Waals surface area contributed by atoms with Gasteiger partial charge in [0.25, 0.3) is 0 Å². The van der Waals surface area contributed by atoms with Crippen LogP contribution >= 0.6 is 0 Å². The average Bonchev–Trinajstić information content (AvgIpc) is 2.56. The lowest BCUT2D eigenvalue weighted by Gasteiger charge is -2.34. The number of amides is 1. The van der Waals surface area contributed by atoms with Crippen molar-refractivity contribution >= 4 is 11.9 Å². The zero-order valence-corrected chi connectivity index (χ0v) is 13.4. The maximum Gasteiger partial charge on any atom is 0.234 e. The quantitative estimate of drug-likeness (QED) is 0.741. The summed E-state index contributed by atoms with van der Waals surface area (Å²) in [7, 11) is 1.60. The van der Waals surface area contributed by atoms with E-state index in [2.05, 4.69) is 32.0 Å². The molecule has 2 heterocycles. The van der Waals surface area contributed by atoms with Crippen molar-refractivity contribution in [1.82, 2.24) is 20.2 Å². The van der Waals surface area contributed by atoms with Gasteiger partial charge in [-0.2, -0.15) is 4.98 Å². The molecular weight excluding hydrogens is 282 g/mol. The second-order valence-corrected chi connectivity index (χ2v) is 5.37. The van der Waals surface area contributed by atoms with E-state index in [4.69, 9.17) is 4.74 Å². The molecule has 1 amide bonds. The van der Waals surface area contributed by atoms with Crippen molar-refractivity contribution in [3.05, 3.63) is 12.3 Å². The zero-order valence-electron chi connectivity index (χ0n) is 13.4. The highest BCUT2D eigenvalue weighted by atomic mass is 16.5. The summed E-state index contributed by atoms with van der Waals surface area (Å²) >= 11 is 0. The Kier molecular flexibility index (Phi) is 6.39. The molecule has 7 nitrogen and oxygen atoms in total. The predicted molar refractivity (Wildman–Crippen MR) is 85.2 cm³/mol. The van der Waals surface area contributed by atoms with Crippen molar-refractivity contribution in [2.45, 2.75) is 19.8 Å². The monoisotopic (exact) mass is 307 g/mol. The van der Waals surface area contributed by atoms with Crippen molar-refractivity contribution in [3.8, 4) is 5.88 Å². The van der Waals surface area contributed by atoms with Gasteiger partial charge in [0.15, 0.2) is 0 Å². The van der Waals surface area contributed by atoms with Gasteiger partial charge in [0.05, 0.1) is 13.7 Å². The Morgan fingerprint density at radius 3 is 2.82 bits per heavy atom. The van der Waals surface area contributed by atoms with Crippen LogP contribution in [0.2, 0.25) is 0 Å². The minimum Gasteiger partial charge on any atom is -0.481 e. The minimum atomic E-state index is 0.111. The van der Waals surface area contributed by atoms with Crippen molar-refractivity contribution in [2.75, 3.05) is 51.3 Å². The summed E-state index contributed by atoms with van der Waals surface area (Å²) in [6, 6.07) is 1.74. The second-order valence-electron chi connectivity index (χ2n) is 5.37. The highest BCUT2D eigenvalue weighted by Crippen LogP contribution is 2.14. The number of nitrogens with zero attached hydrogens (tertiary/aromatic N) is 4. The van der Waals surface area contributed by atoms with E-state index in [9.17, 15) is 4.79 Å². The van der Waals surface area contributed by atoms with E-state index in [1.54, 1.807) is 19.4 Å². The molecule has 122 valence electrons. The Bertz CT molecular complexity index is 475. The van der Waals surface area contributed by atoms with Crippen LogP contribution in [0.25, 0.3) is 0 Å². The maximum absolute atomic E-state index is 11.8. The summed E-state index contributed by atoms with van der Waals surface area (Å²) in [6.07, 6.45) is 3.83. The summed E-state index contributed by atoms with van der Waals surface area (Å²) in [4.78, 5) is 24.7. The first kappa shape index (κ1) is 16.5. The molecule has 0 radical (unpaired) electrons. The van der Waals surface area contributed by atoms with Gasteiger partial charge in [-0.05, 0) is 6.42 Å². The van der Waals surface area contributed by atoms with Crippen LogP contribution < -0.4 is 15.0 Å². The molecule has 1 aliphatic heterocycles. The van der Waals surface area contributed by atoms with Gasteiger partial charge in [0.2, 0.25) is 17.7 Å². The molecule has 0 spiro atoms. The normalized spacial score (nSPS) is 15.6. The van der Waals surface area contributed by atoms with Gasteiger partial charge >= 0.3 is 0 Å². The van der Waals surface area contributed by atoms with Gasteiger partial charge in [0.1, 0.15) is 0 Å². The van der Waals surface area contributed by atoms with Crippen LogP contribution in [0.5, 0.6) is 5.88 Å². The number of rotatable bonds is 7. The molecule has 1 N–H and O–H groups in total. The second kappa shape index (κ2) is 8.53. The summed E-state index contributed by atoms with van der Waals surface area (Å²) in [5.41, 5.74) is 0. The number of hydrogen-bond acceptors (Lipinski definition) is 6. The van der Waals surface area contributed by atoms with Gasteiger partial charge < -0.3 is 15.0 Å². The fourth-order valence-electron chi connectivity index (χ4n) is 2.37. The van der Waals surface area contributed by atoms with Gasteiger partial charge in [-0.1, -0.05) is 13.3 Å². The Morgan fingerprint density at radius 1 is 1.36 bits per heavy atom. The number of methoxy groups -OCH3 is 1. The lowest BCUT2D eigenvalue weighted by Crippen LogP contribution is -2.50. The largest absolute Gasteiger partial charge is 0.481 e. The molecule has 1 saturated heterocycles. The molecule has 0 unspecified atom stereocenters. The van der Waals surface area contributed by atoms with Crippen molar-refractivity contribution < 1.29 is 9.53 Å². The Morgan fingerprint density at radius 2 is 2.14 bits per heavy atom. The lowest BCUT2D eigenvalue weighted by atomic mass is 10.3. The van der Waals surface area contributed by atoms with E-state index in [0.29, 0.717) is 18.4 Å². The van der Waals surface area contributed by atoms with E-state index in [0.717, 1.165) is 45.6 Å². The van der Waals surface area contributed by atoms with E-state index >= 15 is 0 Å². The Balaban J connectivity index is 1.76. The van der Waals surface area contributed by atoms with Crippen LogP contribution in [0.3, 0.4) is 0 Å². The average molecular weight is 307 g/mol.